The summed E-state index contributed by atoms with van der Waals surface area (Å²) in [6.07, 6.45) is 2.27. The van der Waals surface area contributed by atoms with Gasteiger partial charge in [-0.15, -0.1) is 0 Å². The molecule has 1 aromatic rings. The highest BCUT2D eigenvalue weighted by Crippen LogP contribution is 2.24. The van der Waals surface area contributed by atoms with Gasteiger partial charge in [0.2, 0.25) is 0 Å². The summed E-state index contributed by atoms with van der Waals surface area (Å²) in [4.78, 5) is 0. The Hall–Kier alpha value is -0.790. The normalized spacial score (nSPS) is 15.9. The second-order valence-electron chi connectivity index (χ2n) is 3.21. The first-order valence-corrected chi connectivity index (χ1v) is 4.63. The van der Waals surface area contributed by atoms with E-state index < -0.39 is 5.60 Å². The Balaban J connectivity index is 2.81. The zero-order chi connectivity index (χ0) is 9.73. The van der Waals surface area contributed by atoms with Gasteiger partial charge >= 0.3 is 0 Å². The van der Waals surface area contributed by atoms with E-state index in [1.54, 1.807) is 13.0 Å². The fourth-order valence-corrected chi connectivity index (χ4v) is 1.28. The van der Waals surface area contributed by atoms with Gasteiger partial charge in [0.15, 0.2) is 0 Å². The lowest BCUT2D eigenvalue weighted by atomic mass is 9.93. The van der Waals surface area contributed by atoms with E-state index in [9.17, 15) is 5.11 Å². The summed E-state index contributed by atoms with van der Waals surface area (Å²) in [6, 6.07) is 9.56. The second kappa shape index (κ2) is 4.45. The van der Waals surface area contributed by atoms with E-state index in [-0.39, 0.29) is 0 Å². The molecule has 0 aliphatic carbocycles. The third-order valence-electron chi connectivity index (χ3n) is 2.00. The molecule has 0 fully saturated rings. The van der Waals surface area contributed by atoms with Gasteiger partial charge in [-0.1, -0.05) is 48.0 Å². The quantitative estimate of drug-likeness (QED) is 0.788. The van der Waals surface area contributed by atoms with Gasteiger partial charge in [-0.05, 0) is 18.9 Å². The molecule has 0 spiro atoms. The molecule has 2 heteroatoms. The Morgan fingerprint density at radius 3 is 2.54 bits per heavy atom. The molecule has 0 saturated heterocycles. The van der Waals surface area contributed by atoms with Crippen molar-refractivity contribution < 1.29 is 5.11 Å². The summed E-state index contributed by atoms with van der Waals surface area (Å²) in [5.41, 5.74) is 1.51. The smallest absolute Gasteiger partial charge is 0.0903 e. The van der Waals surface area contributed by atoms with Crippen molar-refractivity contribution in [3.63, 3.8) is 0 Å². The summed E-state index contributed by atoms with van der Waals surface area (Å²) in [7, 11) is 0. The fraction of sp³-hybridized carbons (Fsp3) is 0.273. The zero-order valence-electron chi connectivity index (χ0n) is 7.57. The molecule has 1 rings (SSSR count). The first-order chi connectivity index (χ1) is 6.17. The van der Waals surface area contributed by atoms with Crippen molar-refractivity contribution in [3.05, 3.63) is 47.5 Å². The predicted molar refractivity (Wildman–Crippen MR) is 55.6 cm³/mol. The van der Waals surface area contributed by atoms with Crippen molar-refractivity contribution >= 4 is 11.6 Å². The van der Waals surface area contributed by atoms with Gasteiger partial charge in [-0.25, -0.2) is 0 Å². The monoisotopic (exact) mass is 196 g/mol. The third kappa shape index (κ3) is 2.87. The molecule has 1 N–H and O–H groups in total. The molecular formula is C11H13ClO. The second-order valence-corrected chi connectivity index (χ2v) is 3.46. The Morgan fingerprint density at radius 1 is 1.38 bits per heavy atom. The Labute approximate surface area is 83.7 Å². The molecule has 0 radical (unpaired) electrons. The highest BCUT2D eigenvalue weighted by molar-refractivity contribution is 6.25. The van der Waals surface area contributed by atoms with Gasteiger partial charge < -0.3 is 5.11 Å². The molecule has 70 valence electrons. The molecule has 1 atom stereocenters. The van der Waals surface area contributed by atoms with Crippen LogP contribution in [-0.4, -0.2) is 5.11 Å². The van der Waals surface area contributed by atoms with Crippen LogP contribution >= 0.6 is 11.6 Å². The maximum atomic E-state index is 10.0. The van der Waals surface area contributed by atoms with Gasteiger partial charge in [0.1, 0.15) is 0 Å². The van der Waals surface area contributed by atoms with E-state index >= 15 is 0 Å². The summed E-state index contributed by atoms with van der Waals surface area (Å²) < 4.78 is 0. The van der Waals surface area contributed by atoms with Crippen LogP contribution in [0.15, 0.2) is 41.9 Å². The number of benzene rings is 1. The van der Waals surface area contributed by atoms with Crippen LogP contribution in [0.1, 0.15) is 18.9 Å². The molecule has 1 unspecified atom stereocenters. The van der Waals surface area contributed by atoms with Crippen LogP contribution in [-0.2, 0) is 5.60 Å². The summed E-state index contributed by atoms with van der Waals surface area (Å²) in [5.74, 6) is 0. The number of rotatable bonds is 3. The Kier molecular flexibility index (Phi) is 3.52. The SMILES string of the molecule is CC(O)(CC=CCl)c1ccccc1. The molecule has 0 aliphatic heterocycles. The minimum Gasteiger partial charge on any atom is -0.385 e. The van der Waals surface area contributed by atoms with Crippen LogP contribution in [0.4, 0.5) is 0 Å². The molecule has 0 saturated carbocycles. The van der Waals surface area contributed by atoms with Crippen LogP contribution in [0, 0.1) is 0 Å². The van der Waals surface area contributed by atoms with Crippen molar-refractivity contribution in [2.24, 2.45) is 0 Å². The maximum Gasteiger partial charge on any atom is 0.0903 e. The maximum absolute atomic E-state index is 10.0. The predicted octanol–water partition coefficient (Wildman–Crippen LogP) is 3.04. The van der Waals surface area contributed by atoms with Crippen LogP contribution < -0.4 is 0 Å². The fourth-order valence-electron chi connectivity index (χ4n) is 1.19. The topological polar surface area (TPSA) is 20.2 Å². The minimum atomic E-state index is -0.827. The molecular weight excluding hydrogens is 184 g/mol. The summed E-state index contributed by atoms with van der Waals surface area (Å²) in [5, 5.41) is 10.0. The lowest BCUT2D eigenvalue weighted by Gasteiger charge is -2.21. The van der Waals surface area contributed by atoms with Crippen molar-refractivity contribution in [1.82, 2.24) is 0 Å². The van der Waals surface area contributed by atoms with Crippen molar-refractivity contribution in [2.45, 2.75) is 18.9 Å². The van der Waals surface area contributed by atoms with Crippen LogP contribution in [0.3, 0.4) is 0 Å². The largest absolute Gasteiger partial charge is 0.385 e. The average molecular weight is 197 g/mol. The zero-order valence-corrected chi connectivity index (χ0v) is 8.33. The van der Waals surface area contributed by atoms with E-state index in [1.165, 1.54) is 5.54 Å². The molecule has 0 bridgehead atoms. The highest BCUT2D eigenvalue weighted by atomic mass is 35.5. The van der Waals surface area contributed by atoms with E-state index in [0.29, 0.717) is 6.42 Å². The van der Waals surface area contributed by atoms with Gasteiger partial charge in [0, 0.05) is 5.54 Å². The molecule has 0 aliphatic rings. The molecule has 0 aromatic heterocycles. The van der Waals surface area contributed by atoms with Gasteiger partial charge in [0.25, 0.3) is 0 Å². The lowest BCUT2D eigenvalue weighted by Crippen LogP contribution is -2.19. The first kappa shape index (κ1) is 10.3. The van der Waals surface area contributed by atoms with Crippen molar-refractivity contribution in [3.8, 4) is 0 Å². The lowest BCUT2D eigenvalue weighted by molar-refractivity contribution is 0.0606. The summed E-state index contributed by atoms with van der Waals surface area (Å²) in [6.45, 7) is 1.78. The van der Waals surface area contributed by atoms with Gasteiger partial charge in [-0.3, -0.25) is 0 Å². The van der Waals surface area contributed by atoms with Gasteiger partial charge in [0.05, 0.1) is 5.60 Å². The van der Waals surface area contributed by atoms with E-state index in [4.69, 9.17) is 11.6 Å². The summed E-state index contributed by atoms with van der Waals surface area (Å²) >= 11 is 5.40. The first-order valence-electron chi connectivity index (χ1n) is 4.20. The van der Waals surface area contributed by atoms with Crippen molar-refractivity contribution in [2.75, 3.05) is 0 Å². The van der Waals surface area contributed by atoms with E-state index in [1.807, 2.05) is 30.3 Å². The Morgan fingerprint density at radius 2 is 2.00 bits per heavy atom. The van der Waals surface area contributed by atoms with E-state index in [2.05, 4.69) is 0 Å². The molecule has 1 nitrogen and oxygen atoms in total. The molecule has 0 amide bonds. The third-order valence-corrected chi connectivity index (χ3v) is 2.18. The van der Waals surface area contributed by atoms with Crippen molar-refractivity contribution in [1.29, 1.82) is 0 Å². The van der Waals surface area contributed by atoms with Gasteiger partial charge in [-0.2, -0.15) is 0 Å². The number of aliphatic hydroxyl groups is 1. The standard InChI is InChI=1S/C11H13ClO/c1-11(13,8-5-9-12)10-6-3-2-4-7-10/h2-7,9,13H,8H2,1H3. The van der Waals surface area contributed by atoms with Crippen LogP contribution in [0.5, 0.6) is 0 Å². The number of hydrogen-bond donors (Lipinski definition) is 1. The molecule has 13 heavy (non-hydrogen) atoms. The highest BCUT2D eigenvalue weighted by Gasteiger charge is 2.20. The number of hydrogen-bond acceptors (Lipinski definition) is 1. The van der Waals surface area contributed by atoms with Crippen LogP contribution in [0.25, 0.3) is 0 Å². The molecule has 1 aromatic carbocycles. The molecule has 0 heterocycles. The van der Waals surface area contributed by atoms with E-state index in [0.717, 1.165) is 5.56 Å². The Bertz CT molecular complexity index is 277. The minimum absolute atomic E-state index is 0.528. The van der Waals surface area contributed by atoms with Crippen LogP contribution in [0.2, 0.25) is 0 Å². The average Bonchev–Trinajstić information content (AvgIpc) is 2.16. The number of halogens is 1.